The molecule has 5 N–H and O–H groups in total. The third kappa shape index (κ3) is 2.82. The quantitative estimate of drug-likeness (QED) is 0.641. The summed E-state index contributed by atoms with van der Waals surface area (Å²) in [5.41, 5.74) is 6.92. The molecule has 124 valence electrons. The fraction of sp³-hybridized carbons (Fsp3) is 0.467. The number of hydrogen-bond acceptors (Lipinski definition) is 6. The zero-order chi connectivity index (χ0) is 16.6. The number of rotatable bonds is 4. The van der Waals surface area contributed by atoms with Gasteiger partial charge in [-0.3, -0.25) is 15.2 Å². The molecule has 0 bridgehead atoms. The van der Waals surface area contributed by atoms with Crippen molar-refractivity contribution in [1.29, 1.82) is 0 Å². The molecule has 23 heavy (non-hydrogen) atoms. The predicted octanol–water partition coefficient (Wildman–Crippen LogP) is 2.01. The molecule has 8 nitrogen and oxygen atoms in total. The zero-order valence-corrected chi connectivity index (χ0v) is 12.9. The lowest BCUT2D eigenvalue weighted by atomic mass is 9.85. The van der Waals surface area contributed by atoms with Crippen molar-refractivity contribution < 1.29 is 15.2 Å². The highest BCUT2D eigenvalue weighted by Crippen LogP contribution is 2.31. The molecule has 2 heterocycles. The van der Waals surface area contributed by atoms with Gasteiger partial charge in [-0.2, -0.15) is 5.10 Å². The minimum Gasteiger partial charge on any atom is -0.380 e. The van der Waals surface area contributed by atoms with Gasteiger partial charge >= 0.3 is 0 Å². The Morgan fingerprint density at radius 3 is 2.78 bits per heavy atom. The fourth-order valence-corrected chi connectivity index (χ4v) is 3.25. The Hall–Kier alpha value is -2.32. The van der Waals surface area contributed by atoms with Crippen LogP contribution in [0, 0.1) is 5.92 Å². The lowest BCUT2D eigenvalue weighted by Crippen LogP contribution is -2.31. The number of amides is 1. The van der Waals surface area contributed by atoms with E-state index in [1.54, 1.807) is 6.07 Å². The van der Waals surface area contributed by atoms with Gasteiger partial charge < -0.3 is 11.1 Å². The van der Waals surface area contributed by atoms with Crippen LogP contribution in [0.25, 0.3) is 5.52 Å². The van der Waals surface area contributed by atoms with E-state index in [-0.39, 0.29) is 17.1 Å². The number of aromatic nitrogens is 2. The van der Waals surface area contributed by atoms with Crippen LogP contribution >= 0.6 is 0 Å². The van der Waals surface area contributed by atoms with E-state index in [1.165, 1.54) is 23.2 Å². The Morgan fingerprint density at radius 1 is 1.39 bits per heavy atom. The summed E-state index contributed by atoms with van der Waals surface area (Å²) in [4.78, 5) is 11.8. The first-order chi connectivity index (χ1) is 11.0. The van der Waals surface area contributed by atoms with Crippen LogP contribution in [0.2, 0.25) is 0 Å². The van der Waals surface area contributed by atoms with Gasteiger partial charge in [0.25, 0.3) is 5.91 Å². The van der Waals surface area contributed by atoms with Gasteiger partial charge in [-0.25, -0.2) is 4.52 Å². The molecule has 8 heteroatoms. The molecule has 1 saturated carbocycles. The Morgan fingerprint density at radius 2 is 2.13 bits per heavy atom. The minimum absolute atomic E-state index is 0.00302. The maximum atomic E-state index is 11.8. The summed E-state index contributed by atoms with van der Waals surface area (Å²) < 4.78 is 1.35. The molecule has 0 spiro atoms. The molecular formula is C15H21N5O3. The van der Waals surface area contributed by atoms with Gasteiger partial charge in [-0.1, -0.05) is 19.8 Å². The van der Waals surface area contributed by atoms with Gasteiger partial charge in [0.05, 0.1) is 23.0 Å². The van der Waals surface area contributed by atoms with Crippen LogP contribution < -0.4 is 16.3 Å². The maximum absolute atomic E-state index is 11.8. The molecule has 1 fully saturated rings. The summed E-state index contributed by atoms with van der Waals surface area (Å²) in [6.07, 6.45) is 5.86. The maximum Gasteiger partial charge on any atom is 0.252 e. The van der Waals surface area contributed by atoms with Crippen molar-refractivity contribution in [3.8, 4) is 0 Å². The number of nitrogens with zero attached hydrogens (tertiary/aromatic N) is 3. The molecule has 1 aliphatic rings. The Bertz CT molecular complexity index is 727. The van der Waals surface area contributed by atoms with Crippen LogP contribution in [-0.2, 0) is 0 Å². The molecule has 2 atom stereocenters. The van der Waals surface area contributed by atoms with Crippen molar-refractivity contribution >= 4 is 22.9 Å². The number of carbonyl (C=O) groups is 1. The normalized spacial score (nSPS) is 21.3. The lowest BCUT2D eigenvalue weighted by molar-refractivity contribution is 0.0259. The number of hydrogen-bond donors (Lipinski definition) is 4. The van der Waals surface area contributed by atoms with E-state index in [0.29, 0.717) is 22.7 Å². The third-order valence-electron chi connectivity index (χ3n) is 4.57. The molecule has 0 aromatic carbocycles. The number of primary amides is 1. The van der Waals surface area contributed by atoms with Gasteiger partial charge in [-0.15, -0.1) is 5.23 Å². The van der Waals surface area contributed by atoms with Gasteiger partial charge in [-0.05, 0) is 30.9 Å². The largest absolute Gasteiger partial charge is 0.380 e. The molecule has 0 saturated heterocycles. The third-order valence-corrected chi connectivity index (χ3v) is 4.57. The molecule has 1 aliphatic carbocycles. The van der Waals surface area contributed by atoms with Crippen molar-refractivity contribution in [1.82, 2.24) is 9.61 Å². The summed E-state index contributed by atoms with van der Waals surface area (Å²) in [6.45, 7) is 2.19. The Labute approximate surface area is 133 Å². The van der Waals surface area contributed by atoms with Crippen LogP contribution in [0.5, 0.6) is 0 Å². The molecule has 3 rings (SSSR count). The summed E-state index contributed by atoms with van der Waals surface area (Å²) in [7, 11) is 0. The van der Waals surface area contributed by atoms with E-state index in [0.717, 1.165) is 19.3 Å². The van der Waals surface area contributed by atoms with E-state index in [4.69, 9.17) is 5.73 Å². The number of fused-ring (bicyclic) bond motifs is 1. The van der Waals surface area contributed by atoms with Crippen LogP contribution in [0.4, 0.5) is 11.5 Å². The number of nitrogens with one attached hydrogen (secondary N) is 1. The van der Waals surface area contributed by atoms with E-state index in [1.807, 2.05) is 0 Å². The average Bonchev–Trinajstić information content (AvgIpc) is 2.94. The topological polar surface area (TPSA) is 116 Å². The summed E-state index contributed by atoms with van der Waals surface area (Å²) in [6, 6.07) is 3.41. The molecule has 0 unspecified atom stereocenters. The van der Waals surface area contributed by atoms with Crippen LogP contribution in [0.15, 0.2) is 18.3 Å². The molecule has 2 aromatic heterocycles. The molecule has 0 radical (unpaired) electrons. The summed E-state index contributed by atoms with van der Waals surface area (Å²) in [5.74, 6) is -0.00589. The highest BCUT2D eigenvalue weighted by Gasteiger charge is 2.25. The van der Waals surface area contributed by atoms with Crippen LogP contribution in [0.1, 0.15) is 43.0 Å². The Kier molecular flexibility index (Phi) is 4.10. The second-order valence-electron chi connectivity index (χ2n) is 6.09. The SMILES string of the molecule is C[C@@H]1CCCC[C@@H]1Nc1c(C(N)=O)cnn2c(N(O)O)ccc12. The summed E-state index contributed by atoms with van der Waals surface area (Å²) >= 11 is 0. The standard InChI is InChI=1S/C15H21N5O3/c1-9-4-2-3-5-11(9)18-14-10(15(16)21)8-17-19-12(14)6-7-13(19)20(22)23/h6-9,11,18,22-23H,2-5H2,1H3,(H2,16,21)/t9-,11+/m1/s1. The van der Waals surface area contributed by atoms with Gasteiger partial charge in [0.1, 0.15) is 0 Å². The number of carbonyl (C=O) groups excluding carboxylic acids is 1. The van der Waals surface area contributed by atoms with Crippen molar-refractivity contribution in [2.24, 2.45) is 11.7 Å². The fourth-order valence-electron chi connectivity index (χ4n) is 3.25. The first-order valence-corrected chi connectivity index (χ1v) is 7.74. The first kappa shape index (κ1) is 15.6. The first-order valence-electron chi connectivity index (χ1n) is 7.74. The van der Waals surface area contributed by atoms with E-state index in [9.17, 15) is 15.2 Å². The average molecular weight is 319 g/mol. The smallest absolute Gasteiger partial charge is 0.252 e. The molecule has 2 aromatic rings. The van der Waals surface area contributed by atoms with Crippen molar-refractivity contribution in [3.05, 3.63) is 23.9 Å². The van der Waals surface area contributed by atoms with Crippen LogP contribution in [0.3, 0.4) is 0 Å². The Balaban J connectivity index is 2.07. The number of anilines is 2. The van der Waals surface area contributed by atoms with Gasteiger partial charge in [0, 0.05) is 6.04 Å². The predicted molar refractivity (Wildman–Crippen MR) is 84.8 cm³/mol. The number of nitrogens with two attached hydrogens (primary N) is 1. The van der Waals surface area contributed by atoms with Crippen LogP contribution in [-0.4, -0.2) is 32.0 Å². The highest BCUT2D eigenvalue weighted by molar-refractivity contribution is 6.02. The van der Waals surface area contributed by atoms with Gasteiger partial charge in [0.2, 0.25) is 0 Å². The van der Waals surface area contributed by atoms with Crippen molar-refractivity contribution in [3.63, 3.8) is 0 Å². The zero-order valence-electron chi connectivity index (χ0n) is 12.9. The van der Waals surface area contributed by atoms with Crippen molar-refractivity contribution in [2.45, 2.75) is 38.6 Å². The highest BCUT2D eigenvalue weighted by atomic mass is 16.8. The van der Waals surface area contributed by atoms with E-state index in [2.05, 4.69) is 17.3 Å². The van der Waals surface area contributed by atoms with Crippen molar-refractivity contribution in [2.75, 3.05) is 10.5 Å². The molecule has 0 aliphatic heterocycles. The second-order valence-corrected chi connectivity index (χ2v) is 6.09. The van der Waals surface area contributed by atoms with Gasteiger partial charge in [0.15, 0.2) is 5.82 Å². The molecule has 1 amide bonds. The van der Waals surface area contributed by atoms with E-state index < -0.39 is 5.91 Å². The lowest BCUT2D eigenvalue weighted by Gasteiger charge is -2.31. The molecular weight excluding hydrogens is 298 g/mol. The van der Waals surface area contributed by atoms with E-state index >= 15 is 0 Å². The minimum atomic E-state index is -0.571. The monoisotopic (exact) mass is 319 g/mol. The summed E-state index contributed by atoms with van der Waals surface area (Å²) in [5, 5.41) is 26.0. The second kappa shape index (κ2) is 6.05.